The topological polar surface area (TPSA) is 116 Å². The molecular formula is C27H31N7O3. The van der Waals surface area contributed by atoms with E-state index in [4.69, 9.17) is 4.74 Å². The number of fused-ring (bicyclic) bond motifs is 1. The second kappa shape index (κ2) is 11.2. The number of anilines is 1. The minimum absolute atomic E-state index is 0. The summed E-state index contributed by atoms with van der Waals surface area (Å²) in [6.45, 7) is 4.60. The van der Waals surface area contributed by atoms with Crippen molar-refractivity contribution in [1.82, 2.24) is 29.7 Å². The van der Waals surface area contributed by atoms with Gasteiger partial charge in [0.25, 0.3) is 0 Å². The van der Waals surface area contributed by atoms with E-state index in [0.29, 0.717) is 24.6 Å². The molecule has 0 atom stereocenters. The summed E-state index contributed by atoms with van der Waals surface area (Å²) >= 11 is 0. The third-order valence-electron chi connectivity index (χ3n) is 6.10. The van der Waals surface area contributed by atoms with E-state index >= 15 is 0 Å². The predicted octanol–water partition coefficient (Wildman–Crippen LogP) is 4.17. The molecule has 0 aliphatic carbocycles. The highest BCUT2D eigenvalue weighted by molar-refractivity contribution is 5.97. The van der Waals surface area contributed by atoms with Gasteiger partial charge in [-0.15, -0.1) is 0 Å². The Morgan fingerprint density at radius 2 is 2.00 bits per heavy atom. The highest BCUT2D eigenvalue weighted by Crippen LogP contribution is 2.33. The zero-order chi connectivity index (χ0) is 25.1. The van der Waals surface area contributed by atoms with Crippen molar-refractivity contribution in [2.75, 3.05) is 38.6 Å². The summed E-state index contributed by atoms with van der Waals surface area (Å²) in [4.78, 5) is 44.7. The molecule has 37 heavy (non-hydrogen) atoms. The van der Waals surface area contributed by atoms with E-state index in [9.17, 15) is 9.59 Å². The molecule has 1 aliphatic rings. The molecule has 2 amide bonds. The maximum Gasteiger partial charge on any atom is 0.413 e. The number of nitrogens with one attached hydrogen (secondary N) is 2. The van der Waals surface area contributed by atoms with Crippen LogP contribution >= 0.6 is 0 Å². The summed E-state index contributed by atoms with van der Waals surface area (Å²) in [6, 6.07) is 13.7. The molecule has 2 N–H and O–H groups in total. The van der Waals surface area contributed by atoms with Gasteiger partial charge >= 0.3 is 6.09 Å². The Hall–Kier alpha value is -4.31. The van der Waals surface area contributed by atoms with Crippen molar-refractivity contribution in [1.29, 1.82) is 0 Å². The molecule has 10 heteroatoms. The van der Waals surface area contributed by atoms with E-state index in [2.05, 4.69) is 30.2 Å². The summed E-state index contributed by atoms with van der Waals surface area (Å²) in [7, 11) is 1.83. The van der Waals surface area contributed by atoms with Crippen LogP contribution in [-0.4, -0.2) is 75.0 Å². The molecule has 4 aromatic rings. The summed E-state index contributed by atoms with van der Waals surface area (Å²) < 4.78 is 4.97. The lowest BCUT2D eigenvalue weighted by Crippen LogP contribution is -2.48. The number of aromatic amines is 1. The number of aromatic nitrogens is 4. The van der Waals surface area contributed by atoms with Crippen LogP contribution in [0.15, 0.2) is 54.9 Å². The zero-order valence-electron chi connectivity index (χ0n) is 20.2. The Labute approximate surface area is 215 Å². The molecule has 0 unspecified atom stereocenters. The average Bonchev–Trinajstić information content (AvgIpc) is 3.29. The van der Waals surface area contributed by atoms with Gasteiger partial charge in [-0.1, -0.05) is 19.6 Å². The molecule has 0 spiro atoms. The predicted molar refractivity (Wildman–Crippen MR) is 143 cm³/mol. The standard InChI is InChI=1S/C26H27N7O3.CH4/c1-3-36-26(35)31-25-29-22-13-18(12-20(24(22)30-25)21-6-4-5-9-27-21)17-7-8-19(28-14-17)15-33-11-10-32(2)23(34)16-33;/h4-9,12-14H,3,10-11,15-16H2,1-2H3,(H2,29,30,31,35);1H4. The van der Waals surface area contributed by atoms with Crippen molar-refractivity contribution < 1.29 is 14.3 Å². The fourth-order valence-electron chi connectivity index (χ4n) is 4.18. The Balaban J connectivity index is 0.00000320. The molecule has 5 rings (SSSR count). The molecule has 3 aromatic heterocycles. The van der Waals surface area contributed by atoms with Crippen LogP contribution in [0.1, 0.15) is 20.0 Å². The van der Waals surface area contributed by atoms with Gasteiger partial charge in [0.15, 0.2) is 0 Å². The lowest BCUT2D eigenvalue weighted by atomic mass is 10.0. The van der Waals surface area contributed by atoms with Gasteiger partial charge in [-0.05, 0) is 42.8 Å². The molecular weight excluding hydrogens is 470 g/mol. The second-order valence-corrected chi connectivity index (χ2v) is 8.63. The number of likely N-dealkylation sites (N-methyl/N-ethyl adjacent to an activating group) is 1. The minimum atomic E-state index is -0.571. The molecule has 1 aromatic carbocycles. The highest BCUT2D eigenvalue weighted by Gasteiger charge is 2.21. The SMILES string of the molecule is C.CCOC(=O)Nc1nc2c(-c3ccccn3)cc(-c3ccc(CN4CCN(C)C(=O)C4)nc3)cc2[nH]1. The van der Waals surface area contributed by atoms with E-state index in [1.165, 1.54) is 0 Å². The number of imidazole rings is 1. The molecule has 0 radical (unpaired) electrons. The number of nitrogens with zero attached hydrogens (tertiary/aromatic N) is 5. The molecule has 4 heterocycles. The number of carbonyl (C=O) groups is 2. The van der Waals surface area contributed by atoms with Crippen LogP contribution in [0.5, 0.6) is 0 Å². The number of benzene rings is 1. The lowest BCUT2D eigenvalue weighted by molar-refractivity contribution is -0.134. The van der Waals surface area contributed by atoms with E-state index in [1.807, 2.05) is 55.7 Å². The first-order chi connectivity index (χ1) is 17.5. The van der Waals surface area contributed by atoms with Gasteiger partial charge in [0.2, 0.25) is 11.9 Å². The number of carbonyl (C=O) groups excluding carboxylic acids is 2. The van der Waals surface area contributed by atoms with Crippen LogP contribution in [0, 0.1) is 0 Å². The number of hydrogen-bond acceptors (Lipinski definition) is 7. The summed E-state index contributed by atoms with van der Waals surface area (Å²) in [6.07, 6.45) is 3.00. The Morgan fingerprint density at radius 3 is 2.70 bits per heavy atom. The smallest absolute Gasteiger partial charge is 0.413 e. The summed E-state index contributed by atoms with van der Waals surface area (Å²) in [5.74, 6) is 0.428. The Bertz CT molecular complexity index is 1390. The molecule has 1 aliphatic heterocycles. The van der Waals surface area contributed by atoms with E-state index < -0.39 is 6.09 Å². The maximum atomic E-state index is 12.0. The summed E-state index contributed by atoms with van der Waals surface area (Å²) in [5, 5.41) is 2.63. The second-order valence-electron chi connectivity index (χ2n) is 8.63. The average molecular weight is 502 g/mol. The van der Waals surface area contributed by atoms with Crippen molar-refractivity contribution in [3.63, 3.8) is 0 Å². The third kappa shape index (κ3) is 5.75. The number of ether oxygens (including phenoxy) is 1. The largest absolute Gasteiger partial charge is 0.450 e. The molecule has 1 fully saturated rings. The number of amides is 2. The lowest BCUT2D eigenvalue weighted by Gasteiger charge is -2.31. The molecule has 10 nitrogen and oxygen atoms in total. The number of hydrogen-bond donors (Lipinski definition) is 2. The fourth-order valence-corrected chi connectivity index (χ4v) is 4.18. The van der Waals surface area contributed by atoms with Crippen molar-refractivity contribution in [2.24, 2.45) is 0 Å². The van der Waals surface area contributed by atoms with Gasteiger partial charge in [-0.3, -0.25) is 25.0 Å². The molecule has 0 bridgehead atoms. The number of H-pyrrole nitrogens is 1. The van der Waals surface area contributed by atoms with Gasteiger partial charge in [-0.25, -0.2) is 9.78 Å². The highest BCUT2D eigenvalue weighted by atomic mass is 16.5. The normalized spacial score (nSPS) is 13.9. The van der Waals surface area contributed by atoms with Crippen LogP contribution in [0.25, 0.3) is 33.4 Å². The zero-order valence-corrected chi connectivity index (χ0v) is 20.2. The monoisotopic (exact) mass is 501 g/mol. The van der Waals surface area contributed by atoms with E-state index in [-0.39, 0.29) is 19.9 Å². The molecule has 1 saturated heterocycles. The number of rotatable bonds is 6. The Morgan fingerprint density at radius 1 is 1.14 bits per heavy atom. The quantitative estimate of drug-likeness (QED) is 0.407. The van der Waals surface area contributed by atoms with Crippen LogP contribution in [0.2, 0.25) is 0 Å². The van der Waals surface area contributed by atoms with Gasteiger partial charge in [0.05, 0.1) is 35.6 Å². The number of piperazine rings is 1. The van der Waals surface area contributed by atoms with Gasteiger partial charge < -0.3 is 14.6 Å². The third-order valence-corrected chi connectivity index (χ3v) is 6.10. The van der Waals surface area contributed by atoms with Gasteiger partial charge in [-0.2, -0.15) is 0 Å². The van der Waals surface area contributed by atoms with Crippen LogP contribution in [-0.2, 0) is 16.1 Å². The van der Waals surface area contributed by atoms with Gasteiger partial charge in [0.1, 0.15) is 0 Å². The summed E-state index contributed by atoms with van der Waals surface area (Å²) in [5.41, 5.74) is 5.81. The minimum Gasteiger partial charge on any atom is -0.450 e. The first-order valence-corrected chi connectivity index (χ1v) is 11.8. The van der Waals surface area contributed by atoms with Crippen LogP contribution in [0.3, 0.4) is 0 Å². The fraction of sp³-hybridized carbons (Fsp3) is 0.296. The van der Waals surface area contributed by atoms with Crippen LogP contribution < -0.4 is 5.32 Å². The Kier molecular flexibility index (Phi) is 7.78. The van der Waals surface area contributed by atoms with E-state index in [1.54, 1.807) is 18.0 Å². The van der Waals surface area contributed by atoms with Crippen molar-refractivity contribution in [2.45, 2.75) is 20.9 Å². The molecule has 0 saturated carbocycles. The molecule has 192 valence electrons. The number of pyridine rings is 2. The van der Waals surface area contributed by atoms with Crippen LogP contribution in [0.4, 0.5) is 10.7 Å². The van der Waals surface area contributed by atoms with Crippen molar-refractivity contribution >= 4 is 29.0 Å². The van der Waals surface area contributed by atoms with Crippen molar-refractivity contribution in [3.8, 4) is 22.4 Å². The first-order valence-electron chi connectivity index (χ1n) is 11.8. The van der Waals surface area contributed by atoms with Crippen molar-refractivity contribution in [3.05, 3.63) is 60.6 Å². The maximum absolute atomic E-state index is 12.0. The first kappa shape index (κ1) is 25.8. The van der Waals surface area contributed by atoms with Gasteiger partial charge in [0, 0.05) is 50.2 Å². The van der Waals surface area contributed by atoms with E-state index in [0.717, 1.165) is 46.7 Å².